The number of hydrazine groups is 1. The van der Waals surface area contributed by atoms with Gasteiger partial charge in [-0.2, -0.15) is 0 Å². The van der Waals surface area contributed by atoms with E-state index in [0.717, 1.165) is 29.7 Å². The second-order valence-electron chi connectivity index (χ2n) is 7.59. The quantitative estimate of drug-likeness (QED) is 0.315. The molecular formula is C27H30N2O4. The minimum Gasteiger partial charge on any atom is -0.494 e. The van der Waals surface area contributed by atoms with Crippen molar-refractivity contribution in [1.82, 2.24) is 10.9 Å². The Balaban J connectivity index is 1.43. The molecule has 0 fully saturated rings. The van der Waals surface area contributed by atoms with E-state index in [9.17, 15) is 9.59 Å². The van der Waals surface area contributed by atoms with Crippen molar-refractivity contribution >= 4 is 11.8 Å². The average molecular weight is 447 g/mol. The van der Waals surface area contributed by atoms with Gasteiger partial charge in [-0.3, -0.25) is 20.4 Å². The number of hydrogen-bond donors (Lipinski definition) is 2. The predicted octanol–water partition coefficient (Wildman–Crippen LogP) is 5.15. The van der Waals surface area contributed by atoms with Gasteiger partial charge < -0.3 is 9.47 Å². The van der Waals surface area contributed by atoms with Crippen LogP contribution in [0.5, 0.6) is 11.5 Å². The van der Waals surface area contributed by atoms with Crippen LogP contribution in [0.15, 0.2) is 78.9 Å². The van der Waals surface area contributed by atoms with Crippen molar-refractivity contribution in [2.45, 2.75) is 32.6 Å². The molecule has 33 heavy (non-hydrogen) atoms. The SMILES string of the molecule is CCCCCCOc1ccc(C(=O)NNC(=O)COc2ccccc2-c2ccccc2)cc1. The zero-order valence-corrected chi connectivity index (χ0v) is 18.9. The number of unbranched alkanes of at least 4 members (excludes halogenated alkanes) is 3. The van der Waals surface area contributed by atoms with E-state index in [2.05, 4.69) is 17.8 Å². The van der Waals surface area contributed by atoms with Gasteiger partial charge in [0.05, 0.1) is 6.61 Å². The first-order valence-electron chi connectivity index (χ1n) is 11.3. The first kappa shape index (κ1) is 23.9. The number of hydrogen-bond acceptors (Lipinski definition) is 4. The van der Waals surface area contributed by atoms with Crippen LogP contribution in [-0.4, -0.2) is 25.0 Å². The van der Waals surface area contributed by atoms with Gasteiger partial charge in [0, 0.05) is 11.1 Å². The Morgan fingerprint density at radius 1 is 0.758 bits per heavy atom. The van der Waals surface area contributed by atoms with Crippen LogP contribution in [0.25, 0.3) is 11.1 Å². The molecule has 0 saturated carbocycles. The van der Waals surface area contributed by atoms with Crippen molar-refractivity contribution in [1.29, 1.82) is 0 Å². The van der Waals surface area contributed by atoms with Crippen LogP contribution in [0.2, 0.25) is 0 Å². The van der Waals surface area contributed by atoms with Crippen LogP contribution in [0, 0.1) is 0 Å². The third kappa shape index (κ3) is 7.68. The second kappa shape index (κ2) is 12.9. The van der Waals surface area contributed by atoms with E-state index < -0.39 is 11.8 Å². The molecule has 0 heterocycles. The summed E-state index contributed by atoms with van der Waals surface area (Å²) in [5.41, 5.74) is 7.10. The maximum Gasteiger partial charge on any atom is 0.276 e. The van der Waals surface area contributed by atoms with Gasteiger partial charge in [-0.05, 0) is 42.3 Å². The Kier molecular flexibility index (Phi) is 9.33. The van der Waals surface area contributed by atoms with Crippen molar-refractivity contribution in [3.8, 4) is 22.6 Å². The number of ether oxygens (including phenoxy) is 2. The molecule has 0 spiro atoms. The summed E-state index contributed by atoms with van der Waals surface area (Å²) in [6, 6.07) is 24.1. The van der Waals surface area contributed by atoms with Crippen LogP contribution in [-0.2, 0) is 4.79 Å². The number of amides is 2. The minimum atomic E-state index is -0.460. The van der Waals surface area contributed by atoms with Gasteiger partial charge >= 0.3 is 0 Å². The zero-order chi connectivity index (χ0) is 23.3. The third-order valence-corrected chi connectivity index (χ3v) is 5.03. The Morgan fingerprint density at radius 2 is 1.48 bits per heavy atom. The first-order valence-corrected chi connectivity index (χ1v) is 11.3. The maximum absolute atomic E-state index is 12.3. The third-order valence-electron chi connectivity index (χ3n) is 5.03. The molecule has 0 aliphatic carbocycles. The Bertz CT molecular complexity index is 1020. The number of benzene rings is 3. The molecule has 0 atom stereocenters. The molecule has 0 saturated heterocycles. The summed E-state index contributed by atoms with van der Waals surface area (Å²) in [6.07, 6.45) is 4.56. The second-order valence-corrected chi connectivity index (χ2v) is 7.59. The molecule has 0 aliphatic heterocycles. The van der Waals surface area contributed by atoms with Crippen LogP contribution >= 0.6 is 0 Å². The Hall–Kier alpha value is -3.80. The molecule has 6 nitrogen and oxygen atoms in total. The topological polar surface area (TPSA) is 76.7 Å². The van der Waals surface area contributed by atoms with Crippen LogP contribution in [0.3, 0.4) is 0 Å². The van der Waals surface area contributed by atoms with Gasteiger partial charge in [0.25, 0.3) is 11.8 Å². The van der Waals surface area contributed by atoms with Crippen LogP contribution in [0.4, 0.5) is 0 Å². The lowest BCUT2D eigenvalue weighted by molar-refractivity contribution is -0.123. The molecule has 0 unspecified atom stereocenters. The van der Waals surface area contributed by atoms with Crippen molar-refractivity contribution in [3.05, 3.63) is 84.4 Å². The molecule has 0 aromatic heterocycles. The van der Waals surface area contributed by atoms with Crippen molar-refractivity contribution < 1.29 is 19.1 Å². The molecule has 0 radical (unpaired) electrons. The van der Waals surface area contributed by atoms with Crippen molar-refractivity contribution in [3.63, 3.8) is 0 Å². The van der Waals surface area contributed by atoms with Gasteiger partial charge in [0.2, 0.25) is 0 Å². The van der Waals surface area contributed by atoms with Gasteiger partial charge in [-0.25, -0.2) is 0 Å². The molecular weight excluding hydrogens is 416 g/mol. The highest BCUT2D eigenvalue weighted by atomic mass is 16.5. The number of rotatable bonds is 11. The first-order chi connectivity index (χ1) is 16.2. The summed E-state index contributed by atoms with van der Waals surface area (Å²) in [7, 11) is 0. The van der Waals surface area contributed by atoms with E-state index in [-0.39, 0.29) is 6.61 Å². The highest BCUT2D eigenvalue weighted by Crippen LogP contribution is 2.29. The highest BCUT2D eigenvalue weighted by molar-refractivity contribution is 5.95. The molecule has 2 N–H and O–H groups in total. The highest BCUT2D eigenvalue weighted by Gasteiger charge is 2.10. The number of carbonyl (C=O) groups is 2. The number of nitrogens with one attached hydrogen (secondary N) is 2. The van der Waals surface area contributed by atoms with E-state index in [1.807, 2.05) is 54.6 Å². The predicted molar refractivity (Wildman–Crippen MR) is 129 cm³/mol. The van der Waals surface area contributed by atoms with Gasteiger partial charge in [-0.15, -0.1) is 0 Å². The molecule has 6 heteroatoms. The van der Waals surface area contributed by atoms with E-state index in [4.69, 9.17) is 9.47 Å². The summed E-state index contributed by atoms with van der Waals surface area (Å²) >= 11 is 0. The summed E-state index contributed by atoms with van der Waals surface area (Å²) in [5.74, 6) is 0.439. The van der Waals surface area contributed by atoms with E-state index in [1.165, 1.54) is 12.8 Å². The monoisotopic (exact) mass is 446 g/mol. The maximum atomic E-state index is 12.3. The van der Waals surface area contributed by atoms with Gasteiger partial charge in [-0.1, -0.05) is 74.7 Å². The van der Waals surface area contributed by atoms with Crippen LogP contribution < -0.4 is 20.3 Å². The Labute approximate surface area is 194 Å². The largest absolute Gasteiger partial charge is 0.494 e. The number of para-hydroxylation sites is 1. The van der Waals surface area contributed by atoms with Gasteiger partial charge in [0.15, 0.2) is 6.61 Å². The molecule has 3 rings (SSSR count). The standard InChI is InChI=1S/C27H30N2O4/c1-2-3-4-10-19-32-23-17-15-22(16-18-23)27(31)29-28-26(30)20-33-25-14-9-8-13-24(25)21-11-6-5-7-12-21/h5-9,11-18H,2-4,10,19-20H2,1H3,(H,28,30)(H,29,31). The molecule has 0 bridgehead atoms. The summed E-state index contributed by atoms with van der Waals surface area (Å²) in [6.45, 7) is 2.61. The van der Waals surface area contributed by atoms with Crippen molar-refractivity contribution in [2.24, 2.45) is 0 Å². The molecule has 172 valence electrons. The molecule has 3 aromatic rings. The van der Waals surface area contributed by atoms with Crippen molar-refractivity contribution in [2.75, 3.05) is 13.2 Å². The fourth-order valence-corrected chi connectivity index (χ4v) is 3.25. The fourth-order valence-electron chi connectivity index (χ4n) is 3.25. The fraction of sp³-hybridized carbons (Fsp3) is 0.259. The number of carbonyl (C=O) groups excluding carboxylic acids is 2. The average Bonchev–Trinajstić information content (AvgIpc) is 2.87. The lowest BCUT2D eigenvalue weighted by atomic mass is 10.1. The lowest BCUT2D eigenvalue weighted by Gasteiger charge is -2.12. The van der Waals surface area contributed by atoms with E-state index in [0.29, 0.717) is 17.9 Å². The summed E-state index contributed by atoms with van der Waals surface area (Å²) in [5, 5.41) is 0. The lowest BCUT2D eigenvalue weighted by Crippen LogP contribution is -2.43. The normalized spacial score (nSPS) is 10.3. The van der Waals surface area contributed by atoms with Gasteiger partial charge in [0.1, 0.15) is 11.5 Å². The molecule has 2 amide bonds. The summed E-state index contributed by atoms with van der Waals surface area (Å²) in [4.78, 5) is 24.5. The molecule has 0 aliphatic rings. The van der Waals surface area contributed by atoms with E-state index >= 15 is 0 Å². The van der Waals surface area contributed by atoms with Crippen LogP contribution in [0.1, 0.15) is 43.0 Å². The Morgan fingerprint density at radius 3 is 2.24 bits per heavy atom. The van der Waals surface area contributed by atoms with E-state index in [1.54, 1.807) is 24.3 Å². The zero-order valence-electron chi connectivity index (χ0n) is 18.9. The summed E-state index contributed by atoms with van der Waals surface area (Å²) < 4.78 is 11.4. The minimum absolute atomic E-state index is 0.227. The smallest absolute Gasteiger partial charge is 0.276 e. The molecule has 3 aromatic carbocycles.